The predicted octanol–water partition coefficient (Wildman–Crippen LogP) is 1.09. The van der Waals surface area contributed by atoms with Gasteiger partial charge < -0.3 is 21.7 Å². The van der Waals surface area contributed by atoms with Crippen LogP contribution in [0.1, 0.15) is 30.0 Å². The van der Waals surface area contributed by atoms with Crippen molar-refractivity contribution in [2.75, 3.05) is 13.6 Å². The molecule has 1 heterocycles. The highest BCUT2D eigenvalue weighted by Gasteiger charge is 2.32. The molecule has 1 aromatic carbocycles. The smallest absolute Gasteiger partial charge is 0.315 e. The lowest BCUT2D eigenvalue weighted by atomic mass is 9.89. The average molecular weight is 280 g/mol. The number of halogens is 1. The number of hydrogen-bond acceptors (Lipinski definition) is 3. The normalized spacial score (nSPS) is 22.9. The van der Waals surface area contributed by atoms with Crippen molar-refractivity contribution in [3.8, 4) is 0 Å². The van der Waals surface area contributed by atoms with E-state index in [4.69, 9.17) is 11.5 Å². The molecule has 2 rings (SSSR count). The third-order valence-electron chi connectivity index (χ3n) is 3.98. The molecule has 0 spiro atoms. The highest BCUT2D eigenvalue weighted by molar-refractivity contribution is 5.73. The van der Waals surface area contributed by atoms with Crippen LogP contribution in [-0.2, 0) is 6.54 Å². The standard InChI is InChI=1S/C14H21FN4O/c1-18-11-4-5-19(14(17)20)13(7-11)12-3-2-10(15)6-9(12)8-16/h2-3,6,11,13,18H,4-5,7-8,16H2,1H3,(H2,17,20). The molecule has 2 unspecified atom stereocenters. The average Bonchev–Trinajstić information content (AvgIpc) is 2.46. The SMILES string of the molecule is CNC1CCN(C(N)=O)C(c2ccc(F)cc2CN)C1. The van der Waals surface area contributed by atoms with E-state index >= 15 is 0 Å². The molecule has 110 valence electrons. The summed E-state index contributed by atoms with van der Waals surface area (Å²) in [6, 6.07) is 4.24. The lowest BCUT2D eigenvalue weighted by molar-refractivity contribution is 0.145. The van der Waals surface area contributed by atoms with Crippen molar-refractivity contribution < 1.29 is 9.18 Å². The zero-order chi connectivity index (χ0) is 14.7. The van der Waals surface area contributed by atoms with E-state index in [0.29, 0.717) is 12.6 Å². The first kappa shape index (κ1) is 14.7. The van der Waals surface area contributed by atoms with Crippen molar-refractivity contribution >= 4 is 6.03 Å². The quantitative estimate of drug-likeness (QED) is 0.775. The van der Waals surface area contributed by atoms with Crippen molar-refractivity contribution in [2.24, 2.45) is 11.5 Å². The van der Waals surface area contributed by atoms with Crippen LogP contribution < -0.4 is 16.8 Å². The molecular formula is C14H21FN4O. The Morgan fingerprint density at radius 1 is 1.55 bits per heavy atom. The molecular weight excluding hydrogens is 259 g/mol. The fraction of sp³-hybridized carbons (Fsp3) is 0.500. The summed E-state index contributed by atoms with van der Waals surface area (Å²) in [5, 5.41) is 3.23. The first-order valence-electron chi connectivity index (χ1n) is 6.78. The molecule has 0 aliphatic carbocycles. The number of primary amides is 1. The molecule has 5 nitrogen and oxygen atoms in total. The summed E-state index contributed by atoms with van der Waals surface area (Å²) >= 11 is 0. The van der Waals surface area contributed by atoms with E-state index in [2.05, 4.69) is 5.32 Å². The molecule has 6 heteroatoms. The maximum absolute atomic E-state index is 13.3. The molecule has 1 aromatic rings. The second-order valence-corrected chi connectivity index (χ2v) is 5.10. The minimum absolute atomic E-state index is 0.155. The second-order valence-electron chi connectivity index (χ2n) is 5.10. The highest BCUT2D eigenvalue weighted by Crippen LogP contribution is 2.33. The van der Waals surface area contributed by atoms with Gasteiger partial charge in [0.25, 0.3) is 0 Å². The van der Waals surface area contributed by atoms with Gasteiger partial charge in [0, 0.05) is 19.1 Å². The van der Waals surface area contributed by atoms with Gasteiger partial charge in [-0.15, -0.1) is 0 Å². The topological polar surface area (TPSA) is 84.4 Å². The van der Waals surface area contributed by atoms with E-state index in [0.717, 1.165) is 24.0 Å². The summed E-state index contributed by atoms with van der Waals surface area (Å²) in [6.45, 7) is 0.827. The van der Waals surface area contributed by atoms with Gasteiger partial charge in [-0.2, -0.15) is 0 Å². The van der Waals surface area contributed by atoms with Crippen molar-refractivity contribution in [2.45, 2.75) is 31.5 Å². The Morgan fingerprint density at radius 2 is 2.30 bits per heavy atom. The number of likely N-dealkylation sites (tertiary alicyclic amines) is 1. The number of carbonyl (C=O) groups excluding carboxylic acids is 1. The van der Waals surface area contributed by atoms with E-state index in [1.807, 2.05) is 7.05 Å². The third kappa shape index (κ3) is 2.91. The van der Waals surface area contributed by atoms with Crippen LogP contribution >= 0.6 is 0 Å². The minimum Gasteiger partial charge on any atom is -0.351 e. The van der Waals surface area contributed by atoms with E-state index in [1.165, 1.54) is 12.1 Å². The summed E-state index contributed by atoms with van der Waals surface area (Å²) in [5.41, 5.74) is 12.8. The summed E-state index contributed by atoms with van der Waals surface area (Å²) in [4.78, 5) is 13.3. The van der Waals surface area contributed by atoms with Crippen molar-refractivity contribution in [3.05, 3.63) is 35.1 Å². The number of nitrogens with two attached hydrogens (primary N) is 2. The van der Waals surface area contributed by atoms with Crippen LogP contribution in [0.15, 0.2) is 18.2 Å². The van der Waals surface area contributed by atoms with E-state index in [1.54, 1.807) is 11.0 Å². The van der Waals surface area contributed by atoms with Gasteiger partial charge in [0.2, 0.25) is 0 Å². The molecule has 0 bridgehead atoms. The third-order valence-corrected chi connectivity index (χ3v) is 3.98. The molecule has 0 radical (unpaired) electrons. The van der Waals surface area contributed by atoms with Crippen LogP contribution in [0.5, 0.6) is 0 Å². The van der Waals surface area contributed by atoms with E-state index in [9.17, 15) is 9.18 Å². The van der Waals surface area contributed by atoms with Crippen LogP contribution in [0, 0.1) is 5.82 Å². The Morgan fingerprint density at radius 3 is 2.90 bits per heavy atom. The van der Waals surface area contributed by atoms with Gasteiger partial charge in [-0.1, -0.05) is 6.07 Å². The van der Waals surface area contributed by atoms with Crippen LogP contribution in [0.4, 0.5) is 9.18 Å². The van der Waals surface area contributed by atoms with Crippen LogP contribution in [-0.4, -0.2) is 30.6 Å². The maximum atomic E-state index is 13.3. The largest absolute Gasteiger partial charge is 0.351 e. The molecule has 0 aromatic heterocycles. The molecule has 2 amide bonds. The van der Waals surface area contributed by atoms with Crippen LogP contribution in [0.25, 0.3) is 0 Å². The Labute approximate surface area is 118 Å². The number of urea groups is 1. The fourth-order valence-corrected chi connectivity index (χ4v) is 2.86. The number of rotatable bonds is 3. The van der Waals surface area contributed by atoms with Gasteiger partial charge in [-0.05, 0) is 43.1 Å². The van der Waals surface area contributed by atoms with Gasteiger partial charge in [0.05, 0.1) is 6.04 Å². The summed E-state index contributed by atoms with van der Waals surface area (Å²) in [7, 11) is 1.90. The van der Waals surface area contributed by atoms with Gasteiger partial charge in [0.15, 0.2) is 0 Å². The van der Waals surface area contributed by atoms with Crippen LogP contribution in [0.2, 0.25) is 0 Å². The first-order valence-corrected chi connectivity index (χ1v) is 6.78. The lowest BCUT2D eigenvalue weighted by Crippen LogP contribution is -2.48. The number of hydrogen-bond donors (Lipinski definition) is 3. The monoisotopic (exact) mass is 280 g/mol. The van der Waals surface area contributed by atoms with Crippen molar-refractivity contribution in [3.63, 3.8) is 0 Å². The molecule has 1 aliphatic heterocycles. The number of piperidine rings is 1. The van der Waals surface area contributed by atoms with Crippen molar-refractivity contribution in [1.29, 1.82) is 0 Å². The molecule has 1 aliphatic rings. The van der Waals surface area contributed by atoms with Crippen molar-refractivity contribution in [1.82, 2.24) is 10.2 Å². The zero-order valence-corrected chi connectivity index (χ0v) is 11.6. The predicted molar refractivity (Wildman–Crippen MR) is 75.4 cm³/mol. The Bertz CT molecular complexity index is 494. The number of benzene rings is 1. The molecule has 20 heavy (non-hydrogen) atoms. The van der Waals surface area contributed by atoms with Gasteiger partial charge in [-0.3, -0.25) is 0 Å². The van der Waals surface area contributed by atoms with Gasteiger partial charge in [0.1, 0.15) is 5.82 Å². The molecule has 1 fully saturated rings. The zero-order valence-electron chi connectivity index (χ0n) is 11.6. The highest BCUT2D eigenvalue weighted by atomic mass is 19.1. The lowest BCUT2D eigenvalue weighted by Gasteiger charge is -2.39. The number of amides is 2. The van der Waals surface area contributed by atoms with Gasteiger partial charge >= 0.3 is 6.03 Å². The second kappa shape index (κ2) is 6.19. The Hall–Kier alpha value is -1.66. The summed E-state index contributed by atoms with van der Waals surface area (Å²) < 4.78 is 13.3. The van der Waals surface area contributed by atoms with Gasteiger partial charge in [-0.25, -0.2) is 9.18 Å². The molecule has 2 atom stereocenters. The minimum atomic E-state index is -0.447. The number of nitrogens with zero attached hydrogens (tertiary/aromatic N) is 1. The molecule has 1 saturated heterocycles. The van der Waals surface area contributed by atoms with E-state index < -0.39 is 6.03 Å². The fourth-order valence-electron chi connectivity index (χ4n) is 2.86. The first-order chi connectivity index (χ1) is 9.56. The Kier molecular flexibility index (Phi) is 4.57. The number of nitrogens with one attached hydrogen (secondary N) is 1. The summed E-state index contributed by atoms with van der Waals surface area (Å²) in [6.07, 6.45) is 1.60. The van der Waals surface area contributed by atoms with Crippen LogP contribution in [0.3, 0.4) is 0 Å². The summed E-state index contributed by atoms with van der Waals surface area (Å²) in [5.74, 6) is -0.319. The molecule has 0 saturated carbocycles. The Balaban J connectivity index is 2.37. The maximum Gasteiger partial charge on any atom is 0.315 e. The number of carbonyl (C=O) groups is 1. The van der Waals surface area contributed by atoms with E-state index in [-0.39, 0.29) is 18.4 Å². The molecule has 5 N–H and O–H groups in total.